The highest BCUT2D eigenvalue weighted by molar-refractivity contribution is 7.89. The van der Waals surface area contributed by atoms with Crippen LogP contribution < -0.4 is 20.7 Å². The number of nitrogen functional groups attached to an aromatic ring is 1. The summed E-state index contributed by atoms with van der Waals surface area (Å²) >= 11 is 1.00. The largest absolute Gasteiger partial charge is 0.461 e. The van der Waals surface area contributed by atoms with Gasteiger partial charge < -0.3 is 30.2 Å². The van der Waals surface area contributed by atoms with Crippen LogP contribution in [0, 0.1) is 5.82 Å². The molecule has 47 heavy (non-hydrogen) atoms. The number of hydrogen-bond donors (Lipinski definition) is 2. The first-order valence-corrected chi connectivity index (χ1v) is 18.2. The number of piperazine rings is 1. The van der Waals surface area contributed by atoms with Crippen molar-refractivity contribution in [1.29, 1.82) is 0 Å². The average molecular weight is 689 g/mol. The standard InChI is InChI=1S/C30H34F2N8O5S2/c31-16-7-30(4-1-5-38(30)10-16)15-45-29-35-22-6-23(20-2-3-21(32)25-24(20)36-28(33)46-25)40(19-13-44-14-19)47(41,42)26(22)27(37-29)39-17-8-34-9-18(39)12-43-11-17/h2-3,6,16-19,34H,1,4-5,7-15H2,(H2,33,36)/t16-,17?,18?,30+/m1/s1. The molecule has 0 amide bonds. The smallest absolute Gasteiger partial charge is 0.319 e. The number of ether oxygens (including phenoxy) is 3. The Hall–Kier alpha value is -3.22. The minimum Gasteiger partial charge on any atom is -0.461 e. The summed E-state index contributed by atoms with van der Waals surface area (Å²) < 4.78 is 78.6. The lowest BCUT2D eigenvalue weighted by Gasteiger charge is -2.48. The highest BCUT2D eigenvalue weighted by Crippen LogP contribution is 2.46. The summed E-state index contributed by atoms with van der Waals surface area (Å²) in [5.41, 5.74) is 6.68. The molecule has 0 spiro atoms. The molecule has 3 aromatic rings. The Labute approximate surface area is 273 Å². The maximum Gasteiger partial charge on any atom is 0.319 e. The molecule has 3 N–H and O–H groups in total. The normalized spacial score (nSPS) is 30.3. The minimum absolute atomic E-state index is 0.0215. The zero-order valence-corrected chi connectivity index (χ0v) is 27.0. The van der Waals surface area contributed by atoms with E-state index in [-0.39, 0.29) is 75.4 Å². The Morgan fingerprint density at radius 3 is 2.64 bits per heavy atom. The lowest BCUT2D eigenvalue weighted by atomic mass is 9.95. The predicted molar refractivity (Wildman–Crippen MR) is 170 cm³/mol. The molecule has 0 radical (unpaired) electrons. The fraction of sp³-hybridized carbons (Fsp3) is 0.567. The van der Waals surface area contributed by atoms with Crippen molar-refractivity contribution in [3.63, 3.8) is 0 Å². The van der Waals surface area contributed by atoms with Crippen LogP contribution >= 0.6 is 11.3 Å². The molecule has 13 nitrogen and oxygen atoms in total. The number of alkyl halides is 1. The third-order valence-corrected chi connectivity index (χ3v) is 13.1. The van der Waals surface area contributed by atoms with Gasteiger partial charge in [0.25, 0.3) is 10.0 Å². The van der Waals surface area contributed by atoms with Gasteiger partial charge in [0.1, 0.15) is 18.6 Å². The number of anilines is 2. The van der Waals surface area contributed by atoms with Crippen LogP contribution in [0.3, 0.4) is 0 Å². The van der Waals surface area contributed by atoms with Crippen LogP contribution in [0.25, 0.3) is 22.0 Å². The first kappa shape index (κ1) is 29.9. The van der Waals surface area contributed by atoms with Crippen LogP contribution in [0.5, 0.6) is 6.01 Å². The first-order valence-electron chi connectivity index (χ1n) is 15.9. The molecule has 17 heteroatoms. The van der Waals surface area contributed by atoms with Gasteiger partial charge in [0, 0.05) is 31.6 Å². The molecular weight excluding hydrogens is 655 g/mol. The zero-order valence-electron chi connectivity index (χ0n) is 25.4. The third kappa shape index (κ3) is 4.64. The van der Waals surface area contributed by atoms with E-state index in [0.717, 1.165) is 30.7 Å². The molecule has 5 saturated heterocycles. The molecule has 2 bridgehead atoms. The Morgan fingerprint density at radius 2 is 1.87 bits per heavy atom. The second kappa shape index (κ2) is 10.9. The fourth-order valence-corrected chi connectivity index (χ4v) is 10.7. The Bertz CT molecular complexity index is 1890. The highest BCUT2D eigenvalue weighted by atomic mass is 32.2. The van der Waals surface area contributed by atoms with Crippen molar-refractivity contribution in [2.45, 2.75) is 54.0 Å². The van der Waals surface area contributed by atoms with Gasteiger partial charge in [-0.25, -0.2) is 22.2 Å². The zero-order chi connectivity index (χ0) is 32.1. The van der Waals surface area contributed by atoms with E-state index in [1.165, 1.54) is 16.4 Å². The van der Waals surface area contributed by atoms with E-state index in [1.54, 1.807) is 6.08 Å². The SMILES string of the molecule is Nc1nc2c(C3=Cc4nc(OC[C@@]56CCCN5C[C@H](F)C6)nc(N5C6CNCC5COC6)c4S(=O)(=O)N3C3COC3)ccc(F)c2s1. The van der Waals surface area contributed by atoms with Gasteiger partial charge in [-0.3, -0.25) is 9.21 Å². The Balaban J connectivity index is 1.23. The highest BCUT2D eigenvalue weighted by Gasteiger charge is 2.50. The second-order valence-corrected chi connectivity index (χ2v) is 15.9. The molecule has 1 aromatic carbocycles. The van der Waals surface area contributed by atoms with Crippen LogP contribution in [0.1, 0.15) is 30.5 Å². The number of nitrogens with one attached hydrogen (secondary N) is 1. The van der Waals surface area contributed by atoms with Crippen LogP contribution in [0.4, 0.5) is 19.7 Å². The number of thiazole rings is 1. The molecular formula is C30H34F2N8O5S2. The quantitative estimate of drug-likeness (QED) is 0.390. The number of nitrogens with zero attached hydrogens (tertiary/aromatic N) is 6. The molecule has 2 unspecified atom stereocenters. The van der Waals surface area contributed by atoms with Crippen molar-refractivity contribution < 1.29 is 31.4 Å². The van der Waals surface area contributed by atoms with Crippen molar-refractivity contribution in [3.05, 3.63) is 29.2 Å². The van der Waals surface area contributed by atoms with E-state index < -0.39 is 33.6 Å². The van der Waals surface area contributed by atoms with Crippen molar-refractivity contribution in [2.75, 3.05) is 69.8 Å². The van der Waals surface area contributed by atoms with Gasteiger partial charge in [0.2, 0.25) is 0 Å². The van der Waals surface area contributed by atoms with Gasteiger partial charge >= 0.3 is 6.01 Å². The molecule has 6 aliphatic rings. The van der Waals surface area contributed by atoms with E-state index in [1.807, 2.05) is 4.90 Å². The van der Waals surface area contributed by atoms with Crippen LogP contribution in [-0.4, -0.2) is 122 Å². The molecule has 8 heterocycles. The molecule has 6 aliphatic heterocycles. The van der Waals surface area contributed by atoms with Crippen molar-refractivity contribution in [2.24, 2.45) is 0 Å². The molecule has 0 aliphatic carbocycles. The topological polar surface area (TPSA) is 148 Å². The Kier molecular flexibility index (Phi) is 6.93. The monoisotopic (exact) mass is 688 g/mol. The summed E-state index contributed by atoms with van der Waals surface area (Å²) in [6, 6.07) is 1.99. The van der Waals surface area contributed by atoms with Crippen molar-refractivity contribution in [1.82, 2.24) is 29.5 Å². The second-order valence-electron chi connectivity index (χ2n) is 13.2. The number of halogens is 2. The van der Waals surface area contributed by atoms with Gasteiger partial charge in [-0.2, -0.15) is 9.97 Å². The lowest BCUT2D eigenvalue weighted by molar-refractivity contribution is -0.0230. The van der Waals surface area contributed by atoms with Crippen LogP contribution in [-0.2, 0) is 19.5 Å². The molecule has 9 rings (SSSR count). The number of hydrogen-bond acceptors (Lipinski definition) is 13. The van der Waals surface area contributed by atoms with Gasteiger partial charge in [-0.05, 0) is 37.6 Å². The van der Waals surface area contributed by atoms with Crippen molar-refractivity contribution >= 4 is 54.3 Å². The van der Waals surface area contributed by atoms with E-state index in [9.17, 15) is 17.2 Å². The Morgan fingerprint density at radius 1 is 1.11 bits per heavy atom. The number of morpholine rings is 1. The van der Waals surface area contributed by atoms with E-state index >= 15 is 0 Å². The molecule has 4 atom stereocenters. The number of rotatable bonds is 6. The number of aromatic nitrogens is 3. The lowest BCUT2D eigenvalue weighted by Crippen LogP contribution is -2.64. The van der Waals surface area contributed by atoms with E-state index in [0.29, 0.717) is 44.8 Å². The summed E-state index contributed by atoms with van der Waals surface area (Å²) in [6.45, 7) is 3.72. The maximum absolute atomic E-state index is 14.9. The summed E-state index contributed by atoms with van der Waals surface area (Å²) in [7, 11) is -4.30. The van der Waals surface area contributed by atoms with Crippen molar-refractivity contribution in [3.8, 4) is 6.01 Å². The van der Waals surface area contributed by atoms with Crippen LogP contribution in [0.15, 0.2) is 17.0 Å². The summed E-state index contributed by atoms with van der Waals surface area (Å²) in [6.07, 6.45) is 2.89. The average Bonchev–Trinajstić information content (AvgIpc) is 3.67. The summed E-state index contributed by atoms with van der Waals surface area (Å²) in [5, 5.41) is 3.58. The van der Waals surface area contributed by atoms with Gasteiger partial charge in [-0.15, -0.1) is 0 Å². The fourth-order valence-electron chi connectivity index (χ4n) is 8.11. The molecule has 250 valence electrons. The predicted octanol–water partition coefficient (Wildman–Crippen LogP) is 1.84. The minimum atomic E-state index is -4.30. The third-order valence-electron chi connectivity index (χ3n) is 10.3. The van der Waals surface area contributed by atoms with Gasteiger partial charge in [0.05, 0.1) is 71.7 Å². The first-order chi connectivity index (χ1) is 22.7. The number of fused-ring (bicyclic) bond motifs is 5. The van der Waals surface area contributed by atoms with Crippen LogP contribution in [0.2, 0.25) is 0 Å². The van der Waals surface area contributed by atoms with Gasteiger partial charge in [0.15, 0.2) is 15.8 Å². The maximum atomic E-state index is 14.9. The number of sulfonamides is 1. The summed E-state index contributed by atoms with van der Waals surface area (Å²) in [5.74, 6) is -0.241. The molecule has 2 aromatic heterocycles. The number of nitrogens with two attached hydrogens (primary N) is 1. The van der Waals surface area contributed by atoms with Gasteiger partial charge in [-0.1, -0.05) is 11.3 Å². The van der Waals surface area contributed by atoms with E-state index in [4.69, 9.17) is 29.9 Å². The van der Waals surface area contributed by atoms with E-state index in [2.05, 4.69) is 15.2 Å². The molecule has 5 fully saturated rings. The molecule has 0 saturated carbocycles. The summed E-state index contributed by atoms with van der Waals surface area (Å²) in [4.78, 5) is 18.1. The number of benzene rings is 1.